The summed E-state index contributed by atoms with van der Waals surface area (Å²) in [7, 11) is -3.46. The van der Waals surface area contributed by atoms with Crippen molar-refractivity contribution in [2.45, 2.75) is 23.7 Å². The van der Waals surface area contributed by atoms with Crippen molar-refractivity contribution in [1.29, 1.82) is 0 Å². The molecule has 5 heteroatoms. The van der Waals surface area contributed by atoms with Crippen molar-refractivity contribution in [3.63, 3.8) is 0 Å². The molecule has 0 aliphatic rings. The first kappa shape index (κ1) is 15.2. The molecule has 20 heavy (non-hydrogen) atoms. The van der Waals surface area contributed by atoms with Crippen LogP contribution in [0.5, 0.6) is 0 Å². The quantitative estimate of drug-likeness (QED) is 0.837. The summed E-state index contributed by atoms with van der Waals surface area (Å²) in [6, 6.07) is 14.8. The van der Waals surface area contributed by atoms with Crippen LogP contribution in [0.1, 0.15) is 16.7 Å². The van der Waals surface area contributed by atoms with Crippen molar-refractivity contribution in [2.24, 2.45) is 0 Å². The molecule has 0 aliphatic heterocycles. The van der Waals surface area contributed by atoms with E-state index in [4.69, 9.17) is 0 Å². The molecule has 0 aliphatic carbocycles. The number of hydrogen-bond donors (Lipinski definition) is 1. The Morgan fingerprint density at radius 1 is 1.00 bits per heavy atom. The molecule has 0 amide bonds. The molecule has 0 saturated heterocycles. The second-order valence-electron chi connectivity index (χ2n) is 4.54. The van der Waals surface area contributed by atoms with Gasteiger partial charge in [-0.05, 0) is 29.7 Å². The molecule has 2 aromatic rings. The van der Waals surface area contributed by atoms with Gasteiger partial charge in [-0.25, -0.2) is 13.1 Å². The van der Waals surface area contributed by atoms with Crippen molar-refractivity contribution in [2.75, 3.05) is 0 Å². The van der Waals surface area contributed by atoms with Gasteiger partial charge in [0.1, 0.15) is 0 Å². The Kier molecular flexibility index (Phi) is 4.96. The standard InChI is InChI=1S/C15H16BrNO2S/c1-12-4-2-3-5-15(12)20(18,19)17-11-14-8-6-13(10-16)7-9-14/h2-9,17H,10-11H2,1H3. The van der Waals surface area contributed by atoms with Crippen LogP contribution in [-0.4, -0.2) is 8.42 Å². The molecule has 0 spiro atoms. The molecule has 2 rings (SSSR count). The summed E-state index contributed by atoms with van der Waals surface area (Å²) < 4.78 is 27.1. The largest absolute Gasteiger partial charge is 0.241 e. The van der Waals surface area contributed by atoms with Crippen LogP contribution in [0.25, 0.3) is 0 Å². The summed E-state index contributed by atoms with van der Waals surface area (Å²) in [6.45, 7) is 2.08. The molecule has 0 unspecified atom stereocenters. The van der Waals surface area contributed by atoms with E-state index in [1.807, 2.05) is 30.3 Å². The Balaban J connectivity index is 2.11. The maximum atomic E-state index is 12.2. The summed E-state index contributed by atoms with van der Waals surface area (Å²) in [5, 5.41) is 0.794. The van der Waals surface area contributed by atoms with Crippen molar-refractivity contribution in [1.82, 2.24) is 4.72 Å². The molecule has 0 heterocycles. The van der Waals surface area contributed by atoms with Gasteiger partial charge in [0.05, 0.1) is 4.90 Å². The van der Waals surface area contributed by atoms with Gasteiger partial charge < -0.3 is 0 Å². The normalized spacial score (nSPS) is 11.5. The fraction of sp³-hybridized carbons (Fsp3) is 0.200. The highest BCUT2D eigenvalue weighted by molar-refractivity contribution is 9.08. The van der Waals surface area contributed by atoms with Gasteiger partial charge in [-0.2, -0.15) is 0 Å². The van der Waals surface area contributed by atoms with E-state index in [0.717, 1.165) is 22.0 Å². The van der Waals surface area contributed by atoms with Gasteiger partial charge >= 0.3 is 0 Å². The fourth-order valence-corrected chi connectivity index (χ4v) is 3.50. The van der Waals surface area contributed by atoms with E-state index in [1.165, 1.54) is 0 Å². The number of halogens is 1. The van der Waals surface area contributed by atoms with E-state index in [2.05, 4.69) is 20.7 Å². The molecule has 0 aromatic heterocycles. The maximum Gasteiger partial charge on any atom is 0.241 e. The van der Waals surface area contributed by atoms with E-state index in [-0.39, 0.29) is 0 Å². The number of sulfonamides is 1. The number of hydrogen-bond acceptors (Lipinski definition) is 2. The lowest BCUT2D eigenvalue weighted by Gasteiger charge is -2.09. The smallest absolute Gasteiger partial charge is 0.207 e. The van der Waals surface area contributed by atoms with E-state index < -0.39 is 10.0 Å². The van der Waals surface area contributed by atoms with Gasteiger partial charge in [0.2, 0.25) is 10.0 Å². The van der Waals surface area contributed by atoms with Crippen LogP contribution in [0.2, 0.25) is 0 Å². The Labute approximate surface area is 128 Å². The van der Waals surface area contributed by atoms with Crippen LogP contribution in [0.4, 0.5) is 0 Å². The van der Waals surface area contributed by atoms with E-state index >= 15 is 0 Å². The molecule has 1 N–H and O–H groups in total. The first-order valence-electron chi connectivity index (χ1n) is 6.22. The molecule has 0 atom stereocenters. The fourth-order valence-electron chi connectivity index (χ4n) is 1.86. The summed E-state index contributed by atoms with van der Waals surface area (Å²) in [6.07, 6.45) is 0. The van der Waals surface area contributed by atoms with Gasteiger partial charge in [0.15, 0.2) is 0 Å². The maximum absolute atomic E-state index is 12.2. The molecule has 106 valence electrons. The van der Waals surface area contributed by atoms with Crippen LogP contribution < -0.4 is 4.72 Å². The highest BCUT2D eigenvalue weighted by Gasteiger charge is 2.15. The third-order valence-corrected chi connectivity index (χ3v) is 5.24. The molecular formula is C15H16BrNO2S. The molecule has 0 radical (unpaired) electrons. The lowest BCUT2D eigenvalue weighted by atomic mass is 10.2. The zero-order chi connectivity index (χ0) is 14.6. The minimum atomic E-state index is -3.46. The summed E-state index contributed by atoms with van der Waals surface area (Å²) in [5.74, 6) is 0. The number of benzene rings is 2. The van der Waals surface area contributed by atoms with Gasteiger partial charge in [-0.3, -0.25) is 0 Å². The highest BCUT2D eigenvalue weighted by atomic mass is 79.9. The molecule has 0 saturated carbocycles. The Morgan fingerprint density at radius 2 is 1.60 bits per heavy atom. The minimum Gasteiger partial charge on any atom is -0.207 e. The average molecular weight is 354 g/mol. The van der Waals surface area contributed by atoms with Crippen molar-refractivity contribution >= 4 is 26.0 Å². The summed E-state index contributed by atoms with van der Waals surface area (Å²) in [5.41, 5.74) is 2.84. The zero-order valence-corrected chi connectivity index (χ0v) is 13.5. The van der Waals surface area contributed by atoms with Gasteiger partial charge in [0, 0.05) is 11.9 Å². The average Bonchev–Trinajstić information content (AvgIpc) is 2.46. The predicted molar refractivity (Wildman–Crippen MR) is 84.3 cm³/mol. The highest BCUT2D eigenvalue weighted by Crippen LogP contribution is 2.14. The van der Waals surface area contributed by atoms with Crippen LogP contribution in [0.3, 0.4) is 0 Å². The molecule has 2 aromatic carbocycles. The van der Waals surface area contributed by atoms with E-state index in [1.54, 1.807) is 25.1 Å². The second kappa shape index (κ2) is 6.52. The van der Waals surface area contributed by atoms with Gasteiger partial charge in [0.25, 0.3) is 0 Å². The van der Waals surface area contributed by atoms with Crippen LogP contribution in [-0.2, 0) is 21.9 Å². The van der Waals surface area contributed by atoms with Gasteiger partial charge in [-0.15, -0.1) is 0 Å². The molecule has 0 bridgehead atoms. The third-order valence-electron chi connectivity index (χ3n) is 3.03. The lowest BCUT2D eigenvalue weighted by molar-refractivity contribution is 0.580. The second-order valence-corrected chi connectivity index (χ2v) is 6.84. The van der Waals surface area contributed by atoms with Crippen molar-refractivity contribution in [3.05, 3.63) is 65.2 Å². The summed E-state index contributed by atoms with van der Waals surface area (Å²) >= 11 is 3.38. The molecule has 0 fully saturated rings. The Hall–Kier alpha value is -1.17. The SMILES string of the molecule is Cc1ccccc1S(=O)(=O)NCc1ccc(CBr)cc1. The number of aryl methyl sites for hydroxylation is 1. The predicted octanol–water partition coefficient (Wildman–Crippen LogP) is 3.37. The molecule has 3 nitrogen and oxygen atoms in total. The number of nitrogens with one attached hydrogen (secondary N) is 1. The van der Waals surface area contributed by atoms with Crippen LogP contribution in [0, 0.1) is 6.92 Å². The third kappa shape index (κ3) is 3.69. The Morgan fingerprint density at radius 3 is 2.20 bits per heavy atom. The number of rotatable bonds is 5. The van der Waals surface area contributed by atoms with Crippen LogP contribution in [0.15, 0.2) is 53.4 Å². The summed E-state index contributed by atoms with van der Waals surface area (Å²) in [4.78, 5) is 0.331. The topological polar surface area (TPSA) is 46.2 Å². The number of alkyl halides is 1. The minimum absolute atomic E-state index is 0.291. The van der Waals surface area contributed by atoms with E-state index in [9.17, 15) is 8.42 Å². The lowest BCUT2D eigenvalue weighted by Crippen LogP contribution is -2.23. The Bertz CT molecular complexity index is 681. The van der Waals surface area contributed by atoms with Gasteiger partial charge in [-0.1, -0.05) is 58.4 Å². The van der Waals surface area contributed by atoms with Crippen molar-refractivity contribution in [3.8, 4) is 0 Å². The zero-order valence-electron chi connectivity index (χ0n) is 11.1. The van der Waals surface area contributed by atoms with E-state index in [0.29, 0.717) is 11.4 Å². The first-order chi connectivity index (χ1) is 9.53. The monoisotopic (exact) mass is 353 g/mol. The van der Waals surface area contributed by atoms with Crippen LogP contribution >= 0.6 is 15.9 Å². The molecular weight excluding hydrogens is 338 g/mol. The van der Waals surface area contributed by atoms with Crippen molar-refractivity contribution < 1.29 is 8.42 Å². The first-order valence-corrected chi connectivity index (χ1v) is 8.82.